The zero-order chi connectivity index (χ0) is 21.8. The molecule has 158 valence electrons. The summed E-state index contributed by atoms with van der Waals surface area (Å²) in [5.74, 6) is 1.13. The number of benzene rings is 1. The van der Waals surface area contributed by atoms with E-state index in [1.807, 2.05) is 31.3 Å². The lowest BCUT2D eigenvalue weighted by Gasteiger charge is -2.08. The van der Waals surface area contributed by atoms with E-state index in [1.54, 1.807) is 29.2 Å². The van der Waals surface area contributed by atoms with E-state index in [0.29, 0.717) is 40.1 Å². The SMILES string of the molecule is CCNC(=S)Nc1ccc2ncc(-c3cnn(Cc4ccc(OC)c(O)c4)c3)nc2n1. The van der Waals surface area contributed by atoms with E-state index >= 15 is 0 Å². The highest BCUT2D eigenvalue weighted by Crippen LogP contribution is 2.27. The summed E-state index contributed by atoms with van der Waals surface area (Å²) in [4.78, 5) is 13.6. The van der Waals surface area contributed by atoms with Crippen LogP contribution < -0.4 is 15.4 Å². The number of thiocarbonyl (C=S) groups is 1. The maximum atomic E-state index is 9.96. The Bertz CT molecular complexity index is 1240. The highest BCUT2D eigenvalue weighted by Gasteiger charge is 2.09. The van der Waals surface area contributed by atoms with Gasteiger partial charge in [-0.15, -0.1) is 0 Å². The highest BCUT2D eigenvalue weighted by molar-refractivity contribution is 7.80. The van der Waals surface area contributed by atoms with Crippen LogP contribution in [0.4, 0.5) is 5.82 Å². The van der Waals surface area contributed by atoms with Crippen LogP contribution in [0.25, 0.3) is 22.4 Å². The molecule has 0 amide bonds. The second kappa shape index (κ2) is 8.92. The van der Waals surface area contributed by atoms with Gasteiger partial charge in [-0.3, -0.25) is 9.67 Å². The molecule has 1 aromatic carbocycles. The second-order valence-corrected chi connectivity index (χ2v) is 7.12. The number of pyridine rings is 1. The van der Waals surface area contributed by atoms with Gasteiger partial charge in [-0.1, -0.05) is 6.07 Å². The Morgan fingerprint density at radius 1 is 1.19 bits per heavy atom. The monoisotopic (exact) mass is 435 g/mol. The number of phenols is 1. The highest BCUT2D eigenvalue weighted by atomic mass is 32.1. The van der Waals surface area contributed by atoms with Crippen molar-refractivity contribution in [3.05, 3.63) is 54.5 Å². The normalized spacial score (nSPS) is 10.8. The molecular weight excluding hydrogens is 414 g/mol. The topological polar surface area (TPSA) is 110 Å². The molecule has 0 aliphatic heterocycles. The number of anilines is 1. The first kappa shape index (κ1) is 20.5. The molecule has 31 heavy (non-hydrogen) atoms. The molecule has 0 bridgehead atoms. The number of ether oxygens (including phenoxy) is 1. The number of hydrogen-bond donors (Lipinski definition) is 3. The molecule has 4 aromatic rings. The van der Waals surface area contributed by atoms with Gasteiger partial charge >= 0.3 is 0 Å². The molecule has 0 aliphatic rings. The van der Waals surface area contributed by atoms with Crippen LogP contribution >= 0.6 is 12.2 Å². The molecule has 0 saturated heterocycles. The van der Waals surface area contributed by atoms with Gasteiger partial charge in [0.15, 0.2) is 22.3 Å². The standard InChI is InChI=1S/C21H21N7O2S/c1-3-22-21(31)27-19-7-5-15-20(26-19)25-16(10-23-15)14-9-24-28(12-14)11-13-4-6-18(30-2)17(29)8-13/h4-10,12,29H,3,11H2,1-2H3,(H2,22,25,26,27,31). The summed E-state index contributed by atoms with van der Waals surface area (Å²) < 4.78 is 6.85. The first-order valence-corrected chi connectivity index (χ1v) is 10.0. The van der Waals surface area contributed by atoms with Crippen LogP contribution in [-0.4, -0.2) is 48.6 Å². The zero-order valence-corrected chi connectivity index (χ0v) is 17.8. The summed E-state index contributed by atoms with van der Waals surface area (Å²) in [6, 6.07) is 8.92. The Kier molecular flexibility index (Phi) is 5.89. The number of phenolic OH excluding ortho intramolecular Hbond substituents is 1. The minimum atomic E-state index is 0.0943. The molecule has 0 fully saturated rings. The van der Waals surface area contributed by atoms with Crippen molar-refractivity contribution in [1.29, 1.82) is 0 Å². The van der Waals surface area contributed by atoms with Gasteiger partial charge in [-0.25, -0.2) is 9.97 Å². The molecule has 10 heteroatoms. The van der Waals surface area contributed by atoms with Gasteiger partial charge in [0.1, 0.15) is 11.3 Å². The summed E-state index contributed by atoms with van der Waals surface area (Å²) in [7, 11) is 1.52. The number of aromatic hydroxyl groups is 1. The molecule has 0 saturated carbocycles. The van der Waals surface area contributed by atoms with Gasteiger partial charge in [0.25, 0.3) is 0 Å². The molecule has 3 heterocycles. The van der Waals surface area contributed by atoms with Crippen LogP contribution in [0.2, 0.25) is 0 Å². The summed E-state index contributed by atoms with van der Waals surface area (Å²) in [6.07, 6.45) is 5.29. The minimum Gasteiger partial charge on any atom is -0.504 e. The van der Waals surface area contributed by atoms with Crippen LogP contribution in [-0.2, 0) is 6.54 Å². The van der Waals surface area contributed by atoms with Crippen LogP contribution in [0, 0.1) is 0 Å². The van der Waals surface area contributed by atoms with Crippen molar-refractivity contribution >= 4 is 34.3 Å². The number of methoxy groups -OCH3 is 1. The number of rotatable bonds is 6. The molecule has 9 nitrogen and oxygen atoms in total. The van der Waals surface area contributed by atoms with Crippen molar-refractivity contribution in [2.45, 2.75) is 13.5 Å². The Morgan fingerprint density at radius 3 is 2.84 bits per heavy atom. The van der Waals surface area contributed by atoms with Crippen LogP contribution in [0.3, 0.4) is 0 Å². The summed E-state index contributed by atoms with van der Waals surface area (Å²) in [5.41, 5.74) is 3.57. The maximum Gasteiger partial charge on any atom is 0.180 e. The van der Waals surface area contributed by atoms with Crippen LogP contribution in [0.5, 0.6) is 11.5 Å². The van der Waals surface area contributed by atoms with Crippen LogP contribution in [0.1, 0.15) is 12.5 Å². The quantitative estimate of drug-likeness (QED) is 0.394. The van der Waals surface area contributed by atoms with Gasteiger partial charge < -0.3 is 20.5 Å². The number of nitrogens with zero attached hydrogens (tertiary/aromatic N) is 5. The van der Waals surface area contributed by atoms with Gasteiger partial charge in [-0.05, 0) is 49.0 Å². The predicted molar refractivity (Wildman–Crippen MR) is 122 cm³/mol. The molecule has 0 spiro atoms. The lowest BCUT2D eigenvalue weighted by Crippen LogP contribution is -2.28. The molecule has 0 aliphatic carbocycles. The molecule has 4 rings (SSSR count). The first-order chi connectivity index (χ1) is 15.1. The number of fused-ring (bicyclic) bond motifs is 1. The molecule has 3 N–H and O–H groups in total. The largest absolute Gasteiger partial charge is 0.504 e. The average Bonchev–Trinajstić information content (AvgIpc) is 3.22. The fourth-order valence-electron chi connectivity index (χ4n) is 3.03. The average molecular weight is 436 g/mol. The number of nitrogens with one attached hydrogen (secondary N) is 2. The Morgan fingerprint density at radius 2 is 2.06 bits per heavy atom. The van der Waals surface area contributed by atoms with Crippen molar-refractivity contribution in [3.8, 4) is 22.8 Å². The third-order valence-corrected chi connectivity index (χ3v) is 4.75. The van der Waals surface area contributed by atoms with E-state index in [0.717, 1.165) is 17.7 Å². The van der Waals surface area contributed by atoms with Gasteiger partial charge in [0.05, 0.1) is 31.7 Å². The fraction of sp³-hybridized carbons (Fsp3) is 0.190. The molecule has 0 radical (unpaired) electrons. The molecular formula is C21H21N7O2S. The van der Waals surface area contributed by atoms with E-state index in [-0.39, 0.29) is 5.75 Å². The molecule has 0 unspecified atom stereocenters. The van der Waals surface area contributed by atoms with Crippen LogP contribution in [0.15, 0.2) is 48.9 Å². The smallest absolute Gasteiger partial charge is 0.180 e. The summed E-state index contributed by atoms with van der Waals surface area (Å²) in [5, 5.41) is 20.9. The maximum absolute atomic E-state index is 9.96. The predicted octanol–water partition coefficient (Wildman–Crippen LogP) is 2.96. The van der Waals surface area contributed by atoms with E-state index in [9.17, 15) is 5.11 Å². The molecule has 3 aromatic heterocycles. The lowest BCUT2D eigenvalue weighted by atomic mass is 10.2. The zero-order valence-electron chi connectivity index (χ0n) is 17.0. The van der Waals surface area contributed by atoms with Crippen molar-refractivity contribution in [2.24, 2.45) is 0 Å². The minimum absolute atomic E-state index is 0.0943. The van der Waals surface area contributed by atoms with E-state index < -0.39 is 0 Å². The van der Waals surface area contributed by atoms with Crippen molar-refractivity contribution < 1.29 is 9.84 Å². The van der Waals surface area contributed by atoms with Gasteiger partial charge in [0, 0.05) is 18.3 Å². The second-order valence-electron chi connectivity index (χ2n) is 6.71. The van der Waals surface area contributed by atoms with Crippen molar-refractivity contribution in [2.75, 3.05) is 19.0 Å². The van der Waals surface area contributed by atoms with Gasteiger partial charge in [0.2, 0.25) is 0 Å². The number of hydrogen-bond acceptors (Lipinski definition) is 7. The van der Waals surface area contributed by atoms with Gasteiger partial charge in [-0.2, -0.15) is 5.10 Å². The molecule has 0 atom stereocenters. The summed E-state index contributed by atoms with van der Waals surface area (Å²) in [6.45, 7) is 3.19. The van der Waals surface area contributed by atoms with Crippen molar-refractivity contribution in [1.82, 2.24) is 30.0 Å². The number of aromatic nitrogens is 5. The Labute approximate surface area is 184 Å². The Hall–Kier alpha value is -3.79. The Balaban J connectivity index is 1.55. The van der Waals surface area contributed by atoms with Crippen molar-refractivity contribution in [3.63, 3.8) is 0 Å². The third-order valence-electron chi connectivity index (χ3n) is 4.50. The van der Waals surface area contributed by atoms with E-state index in [4.69, 9.17) is 17.0 Å². The lowest BCUT2D eigenvalue weighted by molar-refractivity contribution is 0.373. The summed E-state index contributed by atoms with van der Waals surface area (Å²) >= 11 is 5.21. The fourth-order valence-corrected chi connectivity index (χ4v) is 3.28. The first-order valence-electron chi connectivity index (χ1n) is 9.63. The van der Waals surface area contributed by atoms with E-state index in [1.165, 1.54) is 7.11 Å². The third kappa shape index (κ3) is 4.69. The van der Waals surface area contributed by atoms with E-state index in [2.05, 4.69) is 30.7 Å².